The first-order valence-electron chi connectivity index (χ1n) is 11.1. The Bertz CT molecular complexity index is 747. The number of ether oxygens (including phenoxy) is 3. The van der Waals surface area contributed by atoms with Gasteiger partial charge in [-0.25, -0.2) is 9.98 Å². The molecule has 0 aliphatic carbocycles. The number of unbranched alkanes of at least 4 members (excludes halogenated alkanes) is 1. The van der Waals surface area contributed by atoms with Crippen LogP contribution < -0.4 is 15.4 Å². The Morgan fingerprint density at radius 3 is 2.47 bits per heavy atom. The third-order valence-electron chi connectivity index (χ3n) is 4.35. The molecule has 8 heteroatoms. The van der Waals surface area contributed by atoms with Crippen LogP contribution in [0.1, 0.15) is 37.8 Å². The summed E-state index contributed by atoms with van der Waals surface area (Å²) in [6.45, 7) is 9.37. The number of aliphatic imine (C=N–C) groups is 1. The Kier molecular flexibility index (Phi) is 16.4. The van der Waals surface area contributed by atoms with Crippen molar-refractivity contribution in [1.29, 1.82) is 0 Å². The minimum atomic E-state index is 0. The van der Waals surface area contributed by atoms with Crippen molar-refractivity contribution in [3.63, 3.8) is 0 Å². The molecule has 0 radical (unpaired) electrons. The van der Waals surface area contributed by atoms with Crippen LogP contribution in [-0.4, -0.2) is 50.5 Å². The molecule has 0 amide bonds. The third kappa shape index (κ3) is 12.8. The second-order valence-corrected chi connectivity index (χ2v) is 6.98. The Morgan fingerprint density at radius 2 is 1.72 bits per heavy atom. The van der Waals surface area contributed by atoms with Crippen molar-refractivity contribution in [2.75, 3.05) is 39.5 Å². The zero-order chi connectivity index (χ0) is 22.0. The Hall–Kier alpha value is -1.91. The van der Waals surface area contributed by atoms with Crippen molar-refractivity contribution in [3.8, 4) is 5.88 Å². The maximum Gasteiger partial charge on any atom is 0.213 e. The first-order chi connectivity index (χ1) is 15.3. The predicted molar refractivity (Wildman–Crippen MR) is 140 cm³/mol. The number of hydrogen-bond acceptors (Lipinski definition) is 5. The van der Waals surface area contributed by atoms with Crippen LogP contribution in [0.3, 0.4) is 0 Å². The van der Waals surface area contributed by atoms with E-state index in [0.29, 0.717) is 45.4 Å². The number of nitrogens with one attached hydrogen (secondary N) is 2. The van der Waals surface area contributed by atoms with E-state index in [-0.39, 0.29) is 24.0 Å². The minimum Gasteiger partial charge on any atom is -0.473 e. The quantitative estimate of drug-likeness (QED) is 0.149. The monoisotopic (exact) mass is 556 g/mol. The highest BCUT2D eigenvalue weighted by Gasteiger charge is 2.01. The fourth-order valence-corrected chi connectivity index (χ4v) is 2.68. The number of halogens is 1. The van der Waals surface area contributed by atoms with E-state index in [4.69, 9.17) is 14.2 Å². The van der Waals surface area contributed by atoms with Crippen LogP contribution in [0.15, 0.2) is 53.7 Å². The van der Waals surface area contributed by atoms with Crippen molar-refractivity contribution in [3.05, 3.63) is 59.8 Å². The highest BCUT2D eigenvalue weighted by Crippen LogP contribution is 2.12. The maximum absolute atomic E-state index is 5.80. The van der Waals surface area contributed by atoms with Gasteiger partial charge in [0.25, 0.3) is 0 Å². The van der Waals surface area contributed by atoms with Crippen LogP contribution in [-0.2, 0) is 22.6 Å². The van der Waals surface area contributed by atoms with Gasteiger partial charge < -0.3 is 24.8 Å². The molecule has 1 aromatic heterocycles. The van der Waals surface area contributed by atoms with Gasteiger partial charge in [0, 0.05) is 32.0 Å². The first kappa shape index (κ1) is 28.1. The number of benzene rings is 1. The fraction of sp³-hybridized carbons (Fsp3) is 0.500. The summed E-state index contributed by atoms with van der Waals surface area (Å²) in [4.78, 5) is 8.93. The maximum atomic E-state index is 5.80. The molecular weight excluding hydrogens is 519 g/mol. The highest BCUT2D eigenvalue weighted by molar-refractivity contribution is 14.0. The van der Waals surface area contributed by atoms with Gasteiger partial charge in [0.15, 0.2) is 5.96 Å². The van der Waals surface area contributed by atoms with Crippen LogP contribution >= 0.6 is 24.0 Å². The number of pyridine rings is 1. The molecule has 178 valence electrons. The molecule has 2 rings (SSSR count). The van der Waals surface area contributed by atoms with Gasteiger partial charge in [0.2, 0.25) is 5.88 Å². The van der Waals surface area contributed by atoms with Gasteiger partial charge in [-0.3, -0.25) is 0 Å². The number of aromatic nitrogens is 1. The summed E-state index contributed by atoms with van der Waals surface area (Å²) in [5, 5.41) is 6.54. The molecule has 0 fully saturated rings. The lowest BCUT2D eigenvalue weighted by molar-refractivity contribution is 0.0487. The number of nitrogens with zero attached hydrogens (tertiary/aromatic N) is 2. The average Bonchev–Trinajstić information content (AvgIpc) is 2.81. The van der Waals surface area contributed by atoms with Gasteiger partial charge in [-0.15, -0.1) is 24.0 Å². The molecule has 32 heavy (non-hydrogen) atoms. The van der Waals surface area contributed by atoms with E-state index in [1.165, 1.54) is 0 Å². The van der Waals surface area contributed by atoms with E-state index in [0.717, 1.165) is 43.1 Å². The highest BCUT2D eigenvalue weighted by atomic mass is 127. The molecule has 2 N–H and O–H groups in total. The van der Waals surface area contributed by atoms with E-state index in [2.05, 4.69) is 27.5 Å². The molecular formula is C24H37IN4O3. The molecule has 1 heterocycles. The van der Waals surface area contributed by atoms with Crippen LogP contribution in [0.5, 0.6) is 5.88 Å². The average molecular weight is 556 g/mol. The number of hydrogen-bond donors (Lipinski definition) is 2. The topological polar surface area (TPSA) is 77.0 Å². The summed E-state index contributed by atoms with van der Waals surface area (Å²) in [5.74, 6) is 1.36. The van der Waals surface area contributed by atoms with Crippen LogP contribution in [0, 0.1) is 0 Å². The van der Waals surface area contributed by atoms with E-state index in [1.54, 1.807) is 6.20 Å². The molecule has 0 spiro atoms. The van der Waals surface area contributed by atoms with Gasteiger partial charge in [-0.1, -0.05) is 43.7 Å². The molecule has 2 aromatic rings. The van der Waals surface area contributed by atoms with Gasteiger partial charge in [0.05, 0.1) is 26.4 Å². The van der Waals surface area contributed by atoms with Crippen LogP contribution in [0.4, 0.5) is 0 Å². The van der Waals surface area contributed by atoms with Crippen molar-refractivity contribution < 1.29 is 14.2 Å². The largest absolute Gasteiger partial charge is 0.473 e. The molecule has 1 aromatic carbocycles. The molecule has 0 saturated heterocycles. The lowest BCUT2D eigenvalue weighted by Crippen LogP contribution is -2.39. The Morgan fingerprint density at radius 1 is 0.938 bits per heavy atom. The molecule has 0 saturated carbocycles. The summed E-state index contributed by atoms with van der Waals surface area (Å²) in [6.07, 6.45) is 4.00. The predicted octanol–water partition coefficient (Wildman–Crippen LogP) is 4.17. The number of rotatable bonds is 15. The Labute approximate surface area is 209 Å². The minimum absolute atomic E-state index is 0. The van der Waals surface area contributed by atoms with E-state index < -0.39 is 0 Å². The van der Waals surface area contributed by atoms with Gasteiger partial charge in [0.1, 0.15) is 6.61 Å². The molecule has 0 bridgehead atoms. The van der Waals surface area contributed by atoms with E-state index in [9.17, 15) is 0 Å². The summed E-state index contributed by atoms with van der Waals surface area (Å²) >= 11 is 0. The van der Waals surface area contributed by atoms with Crippen LogP contribution in [0.2, 0.25) is 0 Å². The van der Waals surface area contributed by atoms with Crippen LogP contribution in [0.25, 0.3) is 0 Å². The first-order valence-corrected chi connectivity index (χ1v) is 11.1. The zero-order valence-corrected chi connectivity index (χ0v) is 21.5. The van der Waals surface area contributed by atoms with Gasteiger partial charge in [-0.05, 0) is 30.5 Å². The molecule has 0 atom stereocenters. The third-order valence-corrected chi connectivity index (χ3v) is 4.35. The van der Waals surface area contributed by atoms with Gasteiger partial charge >= 0.3 is 0 Å². The van der Waals surface area contributed by atoms with Crippen molar-refractivity contribution in [2.24, 2.45) is 4.99 Å². The smallest absolute Gasteiger partial charge is 0.213 e. The second-order valence-electron chi connectivity index (χ2n) is 6.98. The summed E-state index contributed by atoms with van der Waals surface area (Å²) < 4.78 is 16.9. The summed E-state index contributed by atoms with van der Waals surface area (Å²) in [5.41, 5.74) is 2.15. The normalized spacial score (nSPS) is 11.0. The van der Waals surface area contributed by atoms with Crippen molar-refractivity contribution in [2.45, 2.75) is 39.8 Å². The van der Waals surface area contributed by atoms with Gasteiger partial charge in [-0.2, -0.15) is 0 Å². The lowest BCUT2D eigenvalue weighted by atomic mass is 10.2. The Balaban J connectivity index is 0.00000512. The fourth-order valence-electron chi connectivity index (χ4n) is 2.68. The standard InChI is InChI=1S/C24H36N4O3.HI/c1-3-5-14-29-16-17-30-15-13-27-24(25-4-2)28-19-22-11-12-26-23(18-22)31-20-21-9-7-6-8-10-21;/h6-12,18H,3-5,13-17,19-20H2,1-2H3,(H2,25,27,28);1H. The molecule has 0 unspecified atom stereocenters. The summed E-state index contributed by atoms with van der Waals surface area (Å²) in [6, 6.07) is 13.9. The SMILES string of the molecule is CCCCOCCOCCNC(=NCc1ccnc(OCc2ccccc2)c1)NCC.I. The summed E-state index contributed by atoms with van der Waals surface area (Å²) in [7, 11) is 0. The lowest BCUT2D eigenvalue weighted by Gasteiger charge is -2.12. The number of guanidine groups is 1. The van der Waals surface area contributed by atoms with E-state index >= 15 is 0 Å². The molecule has 0 aliphatic heterocycles. The van der Waals surface area contributed by atoms with Crippen molar-refractivity contribution >= 4 is 29.9 Å². The second kappa shape index (κ2) is 18.6. The van der Waals surface area contributed by atoms with E-state index in [1.807, 2.05) is 49.4 Å². The molecule has 0 aliphatic rings. The zero-order valence-electron chi connectivity index (χ0n) is 19.2. The molecule has 7 nitrogen and oxygen atoms in total. The van der Waals surface area contributed by atoms with Crippen molar-refractivity contribution in [1.82, 2.24) is 15.6 Å².